The predicted molar refractivity (Wildman–Crippen MR) is 619 cm³/mol. The van der Waals surface area contributed by atoms with Crippen LogP contribution in [-0.4, -0.2) is 0 Å². The van der Waals surface area contributed by atoms with E-state index < -0.39 is 0 Å². The van der Waals surface area contributed by atoms with Crippen molar-refractivity contribution in [2.75, 3.05) is 14.7 Å². The van der Waals surface area contributed by atoms with Gasteiger partial charge in [0.25, 0.3) is 0 Å². The van der Waals surface area contributed by atoms with Crippen molar-refractivity contribution in [2.24, 2.45) is 0 Å². The van der Waals surface area contributed by atoms with Crippen molar-refractivity contribution in [1.82, 2.24) is 0 Å². The normalized spacial score (nSPS) is 11.9. The Morgan fingerprint density at radius 2 is 0.365 bits per heavy atom. The first-order chi connectivity index (χ1) is 73.1. The molecule has 7 nitrogen and oxygen atoms in total. The van der Waals surface area contributed by atoms with Crippen LogP contribution < -0.4 is 14.7 Å². The second-order valence-corrected chi connectivity index (χ2v) is 38.5. The van der Waals surface area contributed by atoms with Gasteiger partial charge in [-0.15, -0.1) is 0 Å². The van der Waals surface area contributed by atoms with Gasteiger partial charge in [-0.05, 0) is 275 Å². The zero-order valence-corrected chi connectivity index (χ0v) is 81.5. The molecule has 148 heavy (non-hydrogen) atoms. The molecule has 0 aliphatic heterocycles. The van der Waals surface area contributed by atoms with Crippen LogP contribution >= 0.6 is 0 Å². The first-order valence-electron chi connectivity index (χ1n) is 50.5. The maximum Gasteiger partial charge on any atom is 0.143 e. The molecule has 28 rings (SSSR count). The van der Waals surface area contributed by atoms with E-state index in [1.807, 2.05) is 48.5 Å². The fraction of sp³-hybridized carbons (Fsp3) is 0.0213. The molecule has 0 spiro atoms. The third kappa shape index (κ3) is 16.8. The van der Waals surface area contributed by atoms with Crippen LogP contribution in [0.15, 0.2) is 570 Å². The first kappa shape index (κ1) is 88.8. The summed E-state index contributed by atoms with van der Waals surface area (Å²) in [6.45, 7) is 4.69. The average Bonchev–Trinajstić information content (AvgIpc) is 1.57. The Bertz CT molecular complexity index is 9280. The molecule has 0 N–H and O–H groups in total. The standard InChI is InChI=1S/C48H31NO2.C48H33NO.C45H33NO/c1-2-10-32(11-3-1)33-20-26-36(27-21-33)49(37-28-22-34(23-29-37)39-14-8-16-43-41-12-4-6-18-45(41)50-47(39)43)38-30-24-35(25-31-38)40-15-9-17-44-42-13-5-7-19-46(42)51-48(40)44;1-3-11-34(12-4-1)38-15-9-17-40(31-38)36-21-25-42(26-22-36)49(44-29-30-48-46(33-44)45-19-7-8-20-47(45)50-48)43-27-23-37(24-28-43)41-18-10-16-39(32-41)35-13-5-2-6-14-35;1-45(2)41-14-8-6-12-37(41)38-26-25-36(29-42(38)45)46(34-21-16-31(17-22-34)30-10-4-3-5-11-30)35-23-18-32(19-24-35)33-20-27-44-40(28-33)39-13-7-9-15-43(39)47-44/h1-31H;1-33H;3-29H,1-2H3. The molecular formula is C141H97N3O4. The second-order valence-electron chi connectivity index (χ2n) is 38.5. The van der Waals surface area contributed by atoms with Gasteiger partial charge in [-0.1, -0.05) is 402 Å². The summed E-state index contributed by atoms with van der Waals surface area (Å²) in [5, 5.41) is 9.04. The minimum Gasteiger partial charge on any atom is -0.456 e. The molecule has 0 saturated carbocycles. The zero-order valence-electron chi connectivity index (χ0n) is 81.5. The van der Waals surface area contributed by atoms with Gasteiger partial charge in [-0.3, -0.25) is 0 Å². The molecular weight excluding hydrogens is 1800 g/mol. The Morgan fingerprint density at radius 3 is 0.757 bits per heavy atom. The van der Waals surface area contributed by atoms with Crippen LogP contribution in [0.5, 0.6) is 0 Å². The van der Waals surface area contributed by atoms with Crippen LogP contribution in [0.1, 0.15) is 25.0 Å². The Labute approximate surface area is 858 Å². The van der Waals surface area contributed by atoms with Crippen molar-refractivity contribution in [3.8, 4) is 111 Å². The third-order valence-corrected chi connectivity index (χ3v) is 29.3. The Hall–Kier alpha value is -19.3. The number of hydrogen-bond acceptors (Lipinski definition) is 7. The molecule has 0 fully saturated rings. The molecule has 700 valence electrons. The van der Waals surface area contributed by atoms with Crippen molar-refractivity contribution in [3.05, 3.63) is 563 Å². The van der Waals surface area contributed by atoms with Gasteiger partial charge in [0.15, 0.2) is 0 Å². The lowest BCUT2D eigenvalue weighted by atomic mass is 9.82. The van der Waals surface area contributed by atoms with Gasteiger partial charge in [-0.25, -0.2) is 0 Å². The molecule has 0 radical (unpaired) electrons. The van der Waals surface area contributed by atoms with Gasteiger partial charge >= 0.3 is 0 Å². The maximum absolute atomic E-state index is 6.38. The van der Waals surface area contributed by atoms with Gasteiger partial charge < -0.3 is 32.4 Å². The second kappa shape index (κ2) is 38.2. The van der Waals surface area contributed by atoms with Crippen molar-refractivity contribution in [2.45, 2.75) is 19.3 Å². The zero-order chi connectivity index (χ0) is 98.5. The van der Waals surface area contributed by atoms with E-state index in [1.54, 1.807) is 0 Å². The molecule has 0 amide bonds. The first-order valence-corrected chi connectivity index (χ1v) is 50.5. The van der Waals surface area contributed by atoms with E-state index in [0.29, 0.717) is 0 Å². The van der Waals surface area contributed by atoms with Crippen LogP contribution in [0.2, 0.25) is 0 Å². The minimum absolute atomic E-state index is 0.0788. The van der Waals surface area contributed by atoms with Gasteiger partial charge in [0.05, 0.1) is 0 Å². The molecule has 0 atom stereocenters. The van der Waals surface area contributed by atoms with Crippen LogP contribution in [0.4, 0.5) is 51.2 Å². The van der Waals surface area contributed by atoms with Crippen molar-refractivity contribution >= 4 is 139 Å². The molecule has 0 bridgehead atoms. The molecule has 27 aromatic rings. The summed E-state index contributed by atoms with van der Waals surface area (Å²) in [6, 6.07) is 196. The highest BCUT2D eigenvalue weighted by atomic mass is 16.3. The van der Waals surface area contributed by atoms with E-state index in [4.69, 9.17) is 17.7 Å². The van der Waals surface area contributed by atoms with Crippen molar-refractivity contribution < 1.29 is 17.7 Å². The summed E-state index contributed by atoms with van der Waals surface area (Å²) in [5.41, 5.74) is 43.5. The molecule has 1 aliphatic rings. The van der Waals surface area contributed by atoms with E-state index in [2.05, 4.69) is 532 Å². The molecule has 4 aromatic heterocycles. The number of hydrogen-bond donors (Lipinski definition) is 0. The number of anilines is 9. The number of benzene rings is 23. The van der Waals surface area contributed by atoms with E-state index in [-0.39, 0.29) is 5.41 Å². The summed E-state index contributed by atoms with van der Waals surface area (Å²) in [5.74, 6) is 0. The van der Waals surface area contributed by atoms with E-state index >= 15 is 0 Å². The molecule has 7 heteroatoms. The largest absolute Gasteiger partial charge is 0.456 e. The summed E-state index contributed by atoms with van der Waals surface area (Å²) in [6.07, 6.45) is 0. The van der Waals surface area contributed by atoms with Gasteiger partial charge in [0.2, 0.25) is 0 Å². The quantitative estimate of drug-likeness (QED) is 0.0848. The number of para-hydroxylation sites is 6. The average molecular weight is 1900 g/mol. The number of fused-ring (bicyclic) bond motifs is 15. The lowest BCUT2D eigenvalue weighted by molar-refractivity contribution is 0.660. The lowest BCUT2D eigenvalue weighted by Gasteiger charge is -2.28. The molecule has 23 aromatic carbocycles. The minimum atomic E-state index is -0.0788. The highest BCUT2D eigenvalue weighted by Gasteiger charge is 2.36. The fourth-order valence-corrected chi connectivity index (χ4v) is 21.8. The maximum atomic E-state index is 6.38. The van der Waals surface area contributed by atoms with E-state index in [9.17, 15) is 0 Å². The van der Waals surface area contributed by atoms with Crippen LogP contribution in [0, 0.1) is 0 Å². The van der Waals surface area contributed by atoms with Gasteiger partial charge in [0.1, 0.15) is 44.7 Å². The topological polar surface area (TPSA) is 62.3 Å². The van der Waals surface area contributed by atoms with E-state index in [1.165, 1.54) is 100 Å². The number of nitrogens with zero attached hydrogens (tertiary/aromatic N) is 3. The van der Waals surface area contributed by atoms with Crippen LogP contribution in [0.3, 0.4) is 0 Å². The van der Waals surface area contributed by atoms with Gasteiger partial charge in [0, 0.05) is 111 Å². The summed E-state index contributed by atoms with van der Waals surface area (Å²) >= 11 is 0. The highest BCUT2D eigenvalue weighted by molar-refractivity contribution is 6.12. The van der Waals surface area contributed by atoms with E-state index in [0.717, 1.165) is 161 Å². The summed E-state index contributed by atoms with van der Waals surface area (Å²) in [7, 11) is 0. The molecule has 4 heterocycles. The Balaban J connectivity index is 0.000000112. The van der Waals surface area contributed by atoms with Crippen LogP contribution in [-0.2, 0) is 5.41 Å². The monoisotopic (exact) mass is 1900 g/mol. The van der Waals surface area contributed by atoms with Crippen molar-refractivity contribution in [1.29, 1.82) is 0 Å². The Kier molecular flexibility index (Phi) is 22.9. The van der Waals surface area contributed by atoms with Gasteiger partial charge in [-0.2, -0.15) is 0 Å². The predicted octanol–water partition coefficient (Wildman–Crippen LogP) is 40.4. The Morgan fingerprint density at radius 1 is 0.135 bits per heavy atom. The molecule has 0 unspecified atom stereocenters. The van der Waals surface area contributed by atoms with Crippen LogP contribution in [0.25, 0.3) is 199 Å². The summed E-state index contributed by atoms with van der Waals surface area (Å²) < 4.78 is 25.0. The third-order valence-electron chi connectivity index (χ3n) is 29.3. The summed E-state index contributed by atoms with van der Waals surface area (Å²) in [4.78, 5) is 7.02. The smallest absolute Gasteiger partial charge is 0.143 e. The highest BCUT2D eigenvalue weighted by Crippen LogP contribution is 2.53. The molecule has 0 saturated heterocycles. The fourth-order valence-electron chi connectivity index (χ4n) is 21.8. The SMILES string of the molecule is CC1(C)c2ccccc2-c2ccc(N(c3ccc(-c4ccccc4)cc3)c3ccc(-c4ccc5oc6ccccc6c5c4)cc3)cc21.c1ccc(-c2ccc(N(c3ccc(-c4cccc5c4oc4ccccc45)cc3)c3ccc(-c4cccc5c4oc4ccccc45)cc3)cc2)cc1.c1ccc(-c2cccc(-c3ccc(N(c4ccc(-c5cccc(-c6ccccc6)c5)cc4)c4ccc5oc6ccccc6c5c4)cc3)c2)cc1. The lowest BCUT2D eigenvalue weighted by Crippen LogP contribution is -2.16. The molecule has 1 aliphatic carbocycles. The van der Waals surface area contributed by atoms with Crippen molar-refractivity contribution in [3.63, 3.8) is 0 Å². The number of rotatable bonds is 18. The number of furan rings is 4.